The molecule has 0 saturated carbocycles. The predicted octanol–water partition coefficient (Wildman–Crippen LogP) is 5.15. The molecule has 2 heterocycles. The number of hydrogen-bond donors (Lipinski definition) is 2. The second-order valence-electron chi connectivity index (χ2n) is 8.84. The Bertz CT molecular complexity index is 1920. The summed E-state index contributed by atoms with van der Waals surface area (Å²) in [6.45, 7) is 6.23. The van der Waals surface area contributed by atoms with Crippen molar-refractivity contribution in [2.75, 3.05) is 0 Å². The van der Waals surface area contributed by atoms with Crippen LogP contribution in [0.4, 0.5) is 0 Å². The van der Waals surface area contributed by atoms with Crippen molar-refractivity contribution in [3.05, 3.63) is 79.3 Å². The van der Waals surface area contributed by atoms with E-state index < -0.39 is 33.9 Å². The fourth-order valence-corrected chi connectivity index (χ4v) is 4.47. The maximum atomic E-state index is 13.6. The number of benzene rings is 3. The summed E-state index contributed by atoms with van der Waals surface area (Å²) in [4.78, 5) is 52.6. The van der Waals surface area contributed by atoms with Crippen molar-refractivity contribution in [2.45, 2.75) is 27.7 Å². The molecule has 0 atom stereocenters. The Morgan fingerprint density at radius 3 is 2.06 bits per heavy atom. The molecule has 0 amide bonds. The minimum absolute atomic E-state index is 0.00174. The zero-order valence-electron chi connectivity index (χ0n) is 19.8. The number of hydrogen-bond acceptors (Lipinski definition) is 8. The molecule has 0 unspecified atom stereocenters. The Morgan fingerprint density at radius 2 is 1.39 bits per heavy atom. The summed E-state index contributed by atoms with van der Waals surface area (Å²) in [5.41, 5.74) is 0.663. The van der Waals surface area contributed by atoms with Gasteiger partial charge in [-0.25, -0.2) is 0 Å². The van der Waals surface area contributed by atoms with Gasteiger partial charge in [0, 0.05) is 17.2 Å². The van der Waals surface area contributed by atoms with Crippen LogP contribution >= 0.6 is 0 Å². The van der Waals surface area contributed by atoms with E-state index >= 15 is 0 Å². The van der Waals surface area contributed by atoms with Crippen LogP contribution in [-0.2, 0) is 0 Å². The van der Waals surface area contributed by atoms with E-state index in [1.807, 2.05) is 13.8 Å². The molecule has 0 radical (unpaired) electrons. The molecule has 5 rings (SSSR count). The van der Waals surface area contributed by atoms with Crippen LogP contribution in [0.3, 0.4) is 0 Å². The summed E-state index contributed by atoms with van der Waals surface area (Å²) in [6, 6.07) is 6.81. The molecule has 0 fully saturated rings. The first-order chi connectivity index (χ1) is 17.0. The Morgan fingerprint density at radius 1 is 0.750 bits per heavy atom. The van der Waals surface area contributed by atoms with Crippen molar-refractivity contribution < 1.29 is 28.6 Å². The minimum Gasteiger partial charge on any atom is -0.504 e. The summed E-state index contributed by atoms with van der Waals surface area (Å²) in [6.07, 6.45) is 1.20. The van der Waals surface area contributed by atoms with Crippen molar-refractivity contribution >= 4 is 44.5 Å². The summed E-state index contributed by atoms with van der Waals surface area (Å²) < 4.78 is 11.6. The monoisotopic (exact) mass is 484 g/mol. The molecule has 36 heavy (non-hydrogen) atoms. The highest BCUT2D eigenvalue weighted by molar-refractivity contribution is 6.17. The van der Waals surface area contributed by atoms with Gasteiger partial charge in [0.05, 0.1) is 27.3 Å². The predicted molar refractivity (Wildman–Crippen MR) is 134 cm³/mol. The smallest absolute Gasteiger partial charge is 0.200 e. The van der Waals surface area contributed by atoms with Crippen molar-refractivity contribution in [3.63, 3.8) is 0 Å². The molecule has 0 spiro atoms. The zero-order chi connectivity index (χ0) is 26.0. The fraction of sp³-hybridized carbons (Fsp3) is 0.143. The third kappa shape index (κ3) is 3.30. The number of rotatable bonds is 3. The minimum atomic E-state index is -0.616. The Balaban J connectivity index is 2.01. The molecule has 0 saturated heterocycles. The van der Waals surface area contributed by atoms with E-state index in [1.54, 1.807) is 12.1 Å². The molecule has 0 aliphatic rings. The number of carbonyl (C=O) groups is 2. The first-order valence-corrected chi connectivity index (χ1v) is 11.0. The van der Waals surface area contributed by atoms with Crippen LogP contribution in [0.5, 0.6) is 11.5 Å². The topological polar surface area (TPSA) is 135 Å². The van der Waals surface area contributed by atoms with Crippen LogP contribution in [0.1, 0.15) is 45.7 Å². The molecular weight excluding hydrogens is 464 g/mol. The highest BCUT2D eigenvalue weighted by Crippen LogP contribution is 2.37. The number of Topliss-reactive ketones (excluding diaryl/α,β-unsaturated/α-hetero) is 2. The van der Waals surface area contributed by atoms with E-state index in [2.05, 4.69) is 0 Å². The van der Waals surface area contributed by atoms with Gasteiger partial charge in [-0.15, -0.1) is 0 Å². The molecule has 8 nitrogen and oxygen atoms in total. The zero-order valence-corrected chi connectivity index (χ0v) is 19.8. The van der Waals surface area contributed by atoms with Gasteiger partial charge in [-0.2, -0.15) is 0 Å². The van der Waals surface area contributed by atoms with Gasteiger partial charge < -0.3 is 19.0 Å². The Labute approximate surface area is 203 Å². The number of phenols is 2. The average Bonchev–Trinajstić information content (AvgIpc) is 2.81. The standard InChI is InChI=1S/C28H20O8/c1-11-5-16-22(6-12(11)2)35-10-19(27(16)34)25-15(13(3)29)7-18-26(33)17-8-20(31)21(32)9-23(17)36-28(18)24(25)14(4)30/h5-10,31-32H,1-4H3. The number of fused-ring (bicyclic) bond motifs is 3. The Kier molecular flexibility index (Phi) is 5.06. The van der Waals surface area contributed by atoms with Crippen LogP contribution in [0.15, 0.2) is 55.0 Å². The maximum Gasteiger partial charge on any atom is 0.200 e. The van der Waals surface area contributed by atoms with Gasteiger partial charge in [-0.1, -0.05) is 0 Å². The normalized spacial score (nSPS) is 11.4. The molecule has 3 aromatic carbocycles. The van der Waals surface area contributed by atoms with Crippen molar-refractivity contribution in [1.82, 2.24) is 0 Å². The van der Waals surface area contributed by atoms with Crippen LogP contribution < -0.4 is 10.9 Å². The third-order valence-electron chi connectivity index (χ3n) is 6.45. The summed E-state index contributed by atoms with van der Waals surface area (Å²) >= 11 is 0. The highest BCUT2D eigenvalue weighted by atomic mass is 16.3. The molecule has 5 aromatic rings. The van der Waals surface area contributed by atoms with Crippen molar-refractivity contribution in [1.29, 1.82) is 0 Å². The summed E-state index contributed by atoms with van der Waals surface area (Å²) in [7, 11) is 0. The van der Waals surface area contributed by atoms with Gasteiger partial charge in [-0.3, -0.25) is 19.2 Å². The molecule has 2 aromatic heterocycles. The van der Waals surface area contributed by atoms with E-state index in [0.29, 0.717) is 5.58 Å². The number of carbonyl (C=O) groups excluding carboxylic acids is 2. The Hall–Kier alpha value is -4.72. The first kappa shape index (κ1) is 23.0. The maximum absolute atomic E-state index is 13.6. The molecule has 0 aliphatic carbocycles. The van der Waals surface area contributed by atoms with Gasteiger partial charge in [0.15, 0.2) is 23.1 Å². The van der Waals surface area contributed by atoms with Gasteiger partial charge in [-0.05, 0) is 63.1 Å². The highest BCUT2D eigenvalue weighted by Gasteiger charge is 2.27. The van der Waals surface area contributed by atoms with E-state index in [9.17, 15) is 29.4 Å². The lowest BCUT2D eigenvalue weighted by Gasteiger charge is -2.15. The third-order valence-corrected chi connectivity index (χ3v) is 6.45. The lowest BCUT2D eigenvalue weighted by molar-refractivity contribution is 0.101. The van der Waals surface area contributed by atoms with Crippen molar-refractivity contribution in [3.8, 4) is 22.6 Å². The van der Waals surface area contributed by atoms with Gasteiger partial charge >= 0.3 is 0 Å². The van der Waals surface area contributed by atoms with Crippen LogP contribution in [-0.4, -0.2) is 21.8 Å². The van der Waals surface area contributed by atoms with Crippen LogP contribution in [0, 0.1) is 13.8 Å². The fourth-order valence-electron chi connectivity index (χ4n) is 4.47. The van der Waals surface area contributed by atoms with Crippen molar-refractivity contribution in [2.24, 2.45) is 0 Å². The summed E-state index contributed by atoms with van der Waals surface area (Å²) in [5.74, 6) is -2.08. The largest absolute Gasteiger partial charge is 0.504 e. The molecule has 0 aliphatic heterocycles. The molecule has 2 N–H and O–H groups in total. The average molecular weight is 484 g/mol. The summed E-state index contributed by atoms with van der Waals surface area (Å²) in [5, 5.41) is 19.9. The lowest BCUT2D eigenvalue weighted by Crippen LogP contribution is -2.14. The van der Waals surface area contributed by atoms with E-state index in [-0.39, 0.29) is 49.6 Å². The number of aryl methyl sites for hydroxylation is 2. The number of aromatic hydroxyl groups is 2. The second kappa shape index (κ2) is 7.91. The molecule has 8 heteroatoms. The van der Waals surface area contributed by atoms with Gasteiger partial charge in [0.2, 0.25) is 10.9 Å². The van der Waals surface area contributed by atoms with Crippen LogP contribution in [0.25, 0.3) is 44.0 Å². The molecular formula is C28H20O8. The van der Waals surface area contributed by atoms with Crippen LogP contribution in [0.2, 0.25) is 0 Å². The molecule has 0 bridgehead atoms. The first-order valence-electron chi connectivity index (χ1n) is 11.0. The SMILES string of the molecule is CC(=O)c1cc2c(=O)c3cc(O)c(O)cc3oc2c(C(C)=O)c1-c1coc2cc(C)c(C)cc2c1=O. The van der Waals surface area contributed by atoms with E-state index in [4.69, 9.17) is 8.83 Å². The van der Waals surface area contributed by atoms with Gasteiger partial charge in [0.25, 0.3) is 0 Å². The quantitative estimate of drug-likeness (QED) is 0.204. The van der Waals surface area contributed by atoms with E-state index in [1.165, 1.54) is 26.2 Å². The number of phenolic OH excluding ortho intramolecular Hbond substituents is 2. The second-order valence-corrected chi connectivity index (χ2v) is 8.84. The van der Waals surface area contributed by atoms with E-state index in [0.717, 1.165) is 23.3 Å². The lowest BCUT2D eigenvalue weighted by atomic mass is 9.88. The number of ketones is 2. The molecule has 180 valence electrons. The van der Waals surface area contributed by atoms with Gasteiger partial charge in [0.1, 0.15) is 23.0 Å².